The quantitative estimate of drug-likeness (QED) is 0.250. The standard InChI is InChI=1S/C21H13F5N4O4/c22-14-2-1-3-15(23)18(14)19(31)29-20(32)28-13-7-5-12(6-8-13)27-16-9-4-11(21(24,25)26)10-17(16)30(33)34/h1-10,27H,(H2,28,29,31,32). The minimum atomic E-state index is -4.75. The fourth-order valence-corrected chi connectivity index (χ4v) is 2.80. The average molecular weight is 480 g/mol. The Balaban J connectivity index is 1.68. The van der Waals surface area contributed by atoms with E-state index >= 15 is 0 Å². The Morgan fingerprint density at radius 3 is 2.03 bits per heavy atom. The van der Waals surface area contributed by atoms with Gasteiger partial charge in [-0.2, -0.15) is 13.2 Å². The van der Waals surface area contributed by atoms with E-state index in [1.54, 1.807) is 5.32 Å². The molecular formula is C21H13F5N4O4. The summed E-state index contributed by atoms with van der Waals surface area (Å²) in [6.45, 7) is 0. The second kappa shape index (κ2) is 9.52. The molecule has 34 heavy (non-hydrogen) atoms. The molecule has 0 fully saturated rings. The smallest absolute Gasteiger partial charge is 0.350 e. The highest BCUT2D eigenvalue weighted by Crippen LogP contribution is 2.36. The molecule has 0 bridgehead atoms. The highest BCUT2D eigenvalue weighted by Gasteiger charge is 2.33. The number of nitro benzene ring substituents is 1. The van der Waals surface area contributed by atoms with Gasteiger partial charge < -0.3 is 10.6 Å². The van der Waals surface area contributed by atoms with Crippen molar-refractivity contribution in [3.05, 3.63) is 93.5 Å². The van der Waals surface area contributed by atoms with Crippen molar-refractivity contribution >= 4 is 34.7 Å². The Morgan fingerprint density at radius 2 is 1.47 bits per heavy atom. The summed E-state index contributed by atoms with van der Waals surface area (Å²) >= 11 is 0. The summed E-state index contributed by atoms with van der Waals surface area (Å²) < 4.78 is 65.7. The van der Waals surface area contributed by atoms with Crippen LogP contribution in [0.3, 0.4) is 0 Å². The van der Waals surface area contributed by atoms with Crippen LogP contribution in [0, 0.1) is 21.7 Å². The monoisotopic (exact) mass is 480 g/mol. The first-order valence-corrected chi connectivity index (χ1v) is 9.25. The molecule has 0 spiro atoms. The maximum absolute atomic E-state index is 13.6. The number of urea groups is 1. The van der Waals surface area contributed by atoms with E-state index in [4.69, 9.17) is 0 Å². The summed E-state index contributed by atoms with van der Waals surface area (Å²) in [6.07, 6.45) is -4.75. The minimum Gasteiger partial charge on any atom is -0.350 e. The van der Waals surface area contributed by atoms with Crippen molar-refractivity contribution in [1.29, 1.82) is 0 Å². The van der Waals surface area contributed by atoms with E-state index in [-0.39, 0.29) is 17.1 Å². The Hall–Kier alpha value is -4.55. The molecule has 0 heterocycles. The zero-order chi connectivity index (χ0) is 25.0. The van der Waals surface area contributed by atoms with Crippen molar-refractivity contribution < 1.29 is 36.5 Å². The molecule has 0 unspecified atom stereocenters. The molecule has 3 aromatic carbocycles. The lowest BCUT2D eigenvalue weighted by molar-refractivity contribution is -0.384. The average Bonchev–Trinajstić information content (AvgIpc) is 2.74. The van der Waals surface area contributed by atoms with Crippen LogP contribution in [0.25, 0.3) is 0 Å². The number of benzene rings is 3. The molecule has 3 N–H and O–H groups in total. The lowest BCUT2D eigenvalue weighted by atomic mass is 10.1. The van der Waals surface area contributed by atoms with Gasteiger partial charge in [-0.05, 0) is 48.5 Å². The van der Waals surface area contributed by atoms with Crippen LogP contribution in [0.2, 0.25) is 0 Å². The van der Waals surface area contributed by atoms with Gasteiger partial charge >= 0.3 is 12.2 Å². The first kappa shape index (κ1) is 24.1. The highest BCUT2D eigenvalue weighted by molar-refractivity contribution is 6.08. The second-order valence-electron chi connectivity index (χ2n) is 6.69. The van der Waals surface area contributed by atoms with E-state index < -0.39 is 51.5 Å². The molecule has 3 rings (SSSR count). The van der Waals surface area contributed by atoms with Crippen molar-refractivity contribution in [2.24, 2.45) is 0 Å². The van der Waals surface area contributed by atoms with E-state index in [9.17, 15) is 41.7 Å². The second-order valence-corrected chi connectivity index (χ2v) is 6.69. The molecule has 0 aliphatic rings. The largest absolute Gasteiger partial charge is 0.416 e. The van der Waals surface area contributed by atoms with Crippen LogP contribution in [-0.4, -0.2) is 16.9 Å². The van der Waals surface area contributed by atoms with E-state index in [1.807, 2.05) is 0 Å². The fourth-order valence-electron chi connectivity index (χ4n) is 2.80. The molecule has 8 nitrogen and oxygen atoms in total. The number of nitrogens with zero attached hydrogens (tertiary/aromatic N) is 1. The molecule has 0 atom stereocenters. The third kappa shape index (κ3) is 5.62. The number of hydrogen-bond donors (Lipinski definition) is 3. The molecule has 0 radical (unpaired) electrons. The number of nitrogens with one attached hydrogen (secondary N) is 3. The predicted octanol–water partition coefficient (Wildman–Crippen LogP) is 5.60. The number of carbonyl (C=O) groups is 2. The van der Waals surface area contributed by atoms with Crippen molar-refractivity contribution in [2.45, 2.75) is 6.18 Å². The summed E-state index contributed by atoms with van der Waals surface area (Å²) in [6, 6.07) is 8.97. The molecule has 3 amide bonds. The molecule has 13 heteroatoms. The normalized spacial score (nSPS) is 11.0. The highest BCUT2D eigenvalue weighted by atomic mass is 19.4. The first-order valence-electron chi connectivity index (χ1n) is 9.25. The van der Waals surface area contributed by atoms with Gasteiger partial charge in [-0.3, -0.25) is 20.2 Å². The third-order valence-electron chi connectivity index (χ3n) is 4.36. The molecule has 176 valence electrons. The third-order valence-corrected chi connectivity index (χ3v) is 4.36. The van der Waals surface area contributed by atoms with Crippen LogP contribution in [0.15, 0.2) is 60.7 Å². The minimum absolute atomic E-state index is 0.131. The number of carbonyl (C=O) groups excluding carboxylic acids is 2. The van der Waals surface area contributed by atoms with Crippen LogP contribution < -0.4 is 16.0 Å². The molecule has 0 saturated carbocycles. The van der Waals surface area contributed by atoms with E-state index in [2.05, 4.69) is 10.6 Å². The number of nitro groups is 1. The van der Waals surface area contributed by atoms with Crippen LogP contribution in [0.1, 0.15) is 15.9 Å². The molecule has 0 aliphatic carbocycles. The Labute approximate surface area is 187 Å². The summed E-state index contributed by atoms with van der Waals surface area (Å²) in [7, 11) is 0. The molecule has 0 saturated heterocycles. The van der Waals surface area contributed by atoms with Crippen LogP contribution >= 0.6 is 0 Å². The number of imide groups is 1. The van der Waals surface area contributed by atoms with Gasteiger partial charge in [0.1, 0.15) is 22.9 Å². The van der Waals surface area contributed by atoms with Gasteiger partial charge in [0.25, 0.3) is 11.6 Å². The van der Waals surface area contributed by atoms with Gasteiger partial charge in [0.15, 0.2) is 0 Å². The van der Waals surface area contributed by atoms with Crippen molar-refractivity contribution in [1.82, 2.24) is 5.32 Å². The number of rotatable bonds is 5. The number of halogens is 5. The molecule has 3 aromatic rings. The Kier molecular flexibility index (Phi) is 6.75. The number of hydrogen-bond acceptors (Lipinski definition) is 5. The lowest BCUT2D eigenvalue weighted by Crippen LogP contribution is -2.35. The van der Waals surface area contributed by atoms with Gasteiger partial charge in [-0.15, -0.1) is 0 Å². The van der Waals surface area contributed by atoms with Crippen LogP contribution in [0.5, 0.6) is 0 Å². The summed E-state index contributed by atoms with van der Waals surface area (Å²) in [5, 5.41) is 17.8. The Morgan fingerprint density at radius 1 is 0.882 bits per heavy atom. The summed E-state index contributed by atoms with van der Waals surface area (Å²) in [4.78, 5) is 34.1. The number of amides is 3. The van der Waals surface area contributed by atoms with Gasteiger partial charge in [0.2, 0.25) is 0 Å². The van der Waals surface area contributed by atoms with Crippen LogP contribution in [-0.2, 0) is 6.18 Å². The first-order chi connectivity index (χ1) is 16.0. The van der Waals surface area contributed by atoms with E-state index in [0.29, 0.717) is 12.1 Å². The van der Waals surface area contributed by atoms with Crippen molar-refractivity contribution in [3.8, 4) is 0 Å². The van der Waals surface area contributed by atoms with Gasteiger partial charge in [-0.25, -0.2) is 13.6 Å². The van der Waals surface area contributed by atoms with E-state index in [1.165, 1.54) is 24.3 Å². The van der Waals surface area contributed by atoms with Gasteiger partial charge in [0, 0.05) is 17.4 Å². The van der Waals surface area contributed by atoms with Crippen molar-refractivity contribution in [3.63, 3.8) is 0 Å². The zero-order valence-corrected chi connectivity index (χ0v) is 16.7. The summed E-state index contributed by atoms with van der Waals surface area (Å²) in [5.74, 6) is -3.61. The number of alkyl halides is 3. The Bertz CT molecular complexity index is 1240. The van der Waals surface area contributed by atoms with Crippen LogP contribution in [0.4, 0.5) is 49.5 Å². The zero-order valence-electron chi connectivity index (χ0n) is 16.7. The van der Waals surface area contributed by atoms with Gasteiger partial charge in [0.05, 0.1) is 10.5 Å². The van der Waals surface area contributed by atoms with E-state index in [0.717, 1.165) is 24.3 Å². The molecule has 0 aromatic heterocycles. The fraction of sp³-hybridized carbons (Fsp3) is 0.0476. The predicted molar refractivity (Wildman–Crippen MR) is 111 cm³/mol. The molecular weight excluding hydrogens is 467 g/mol. The maximum atomic E-state index is 13.6. The van der Waals surface area contributed by atoms with Gasteiger partial charge in [-0.1, -0.05) is 6.07 Å². The van der Waals surface area contributed by atoms with Crippen molar-refractivity contribution in [2.75, 3.05) is 10.6 Å². The summed E-state index contributed by atoms with van der Waals surface area (Å²) in [5.41, 5.74) is -2.75. The number of anilines is 3. The maximum Gasteiger partial charge on any atom is 0.416 e. The lowest BCUT2D eigenvalue weighted by Gasteiger charge is -2.11. The molecule has 0 aliphatic heterocycles. The SMILES string of the molecule is O=C(NC(=O)c1c(F)cccc1F)Nc1ccc(Nc2ccc(C(F)(F)F)cc2[N+](=O)[O-])cc1. The topological polar surface area (TPSA) is 113 Å².